The van der Waals surface area contributed by atoms with Gasteiger partial charge in [-0.25, -0.2) is 9.37 Å². The molecule has 2 aromatic rings. The highest BCUT2D eigenvalue weighted by Gasteiger charge is 2.09. The third kappa shape index (κ3) is 3.88. The molecule has 2 rings (SSSR count). The van der Waals surface area contributed by atoms with E-state index in [2.05, 4.69) is 15.3 Å². The summed E-state index contributed by atoms with van der Waals surface area (Å²) in [7, 11) is 0. The van der Waals surface area contributed by atoms with Crippen LogP contribution in [0.1, 0.15) is 19.5 Å². The predicted octanol–water partition coefficient (Wildman–Crippen LogP) is 3.56. The zero-order valence-electron chi connectivity index (χ0n) is 11.2. The van der Waals surface area contributed by atoms with E-state index in [1.165, 1.54) is 18.3 Å². The van der Waals surface area contributed by atoms with E-state index in [0.717, 1.165) is 5.69 Å². The Balaban J connectivity index is 2.05. The van der Waals surface area contributed by atoms with Gasteiger partial charge in [-0.2, -0.15) is 0 Å². The van der Waals surface area contributed by atoms with E-state index in [1.807, 2.05) is 13.8 Å². The highest BCUT2D eigenvalue weighted by molar-refractivity contribution is 6.30. The predicted molar refractivity (Wildman–Crippen MR) is 75.5 cm³/mol. The third-order valence-electron chi connectivity index (χ3n) is 2.50. The normalized spacial score (nSPS) is 10.8. The molecule has 1 N–H and O–H groups in total. The SMILES string of the molecule is CC(C)NCc1cnc(Oc2cccc(Cl)c2F)cn1. The largest absolute Gasteiger partial charge is 0.434 e. The van der Waals surface area contributed by atoms with Gasteiger partial charge in [-0.1, -0.05) is 31.5 Å². The number of halogens is 2. The van der Waals surface area contributed by atoms with Crippen LogP contribution in [0.3, 0.4) is 0 Å². The fraction of sp³-hybridized carbons (Fsp3) is 0.286. The number of hydrogen-bond donors (Lipinski definition) is 1. The smallest absolute Gasteiger partial charge is 0.237 e. The van der Waals surface area contributed by atoms with E-state index in [-0.39, 0.29) is 16.7 Å². The molecule has 0 atom stereocenters. The molecule has 6 heteroatoms. The second-order valence-corrected chi connectivity index (χ2v) is 4.94. The maximum Gasteiger partial charge on any atom is 0.237 e. The molecular formula is C14H15ClFN3O. The second kappa shape index (κ2) is 6.63. The summed E-state index contributed by atoms with van der Waals surface area (Å²) >= 11 is 5.68. The molecule has 0 aliphatic rings. The average Bonchev–Trinajstić information content (AvgIpc) is 2.43. The van der Waals surface area contributed by atoms with Gasteiger partial charge in [0.15, 0.2) is 11.6 Å². The van der Waals surface area contributed by atoms with Crippen molar-refractivity contribution in [2.75, 3.05) is 0 Å². The molecule has 0 aliphatic carbocycles. The number of nitrogens with one attached hydrogen (secondary N) is 1. The molecule has 20 heavy (non-hydrogen) atoms. The van der Waals surface area contributed by atoms with Gasteiger partial charge >= 0.3 is 0 Å². The molecule has 106 valence electrons. The molecular weight excluding hydrogens is 281 g/mol. The molecule has 0 saturated carbocycles. The lowest BCUT2D eigenvalue weighted by Gasteiger charge is -2.08. The zero-order valence-corrected chi connectivity index (χ0v) is 12.0. The van der Waals surface area contributed by atoms with Gasteiger partial charge in [-0.3, -0.25) is 4.98 Å². The first-order valence-corrected chi connectivity index (χ1v) is 6.60. The van der Waals surface area contributed by atoms with Crippen molar-refractivity contribution in [3.63, 3.8) is 0 Å². The Labute approximate surface area is 122 Å². The summed E-state index contributed by atoms with van der Waals surface area (Å²) in [6.07, 6.45) is 3.05. The lowest BCUT2D eigenvalue weighted by Crippen LogP contribution is -2.22. The molecule has 0 radical (unpaired) electrons. The quantitative estimate of drug-likeness (QED) is 0.916. The summed E-state index contributed by atoms with van der Waals surface area (Å²) in [5.74, 6) is -0.360. The molecule has 0 bridgehead atoms. The maximum atomic E-state index is 13.7. The van der Waals surface area contributed by atoms with E-state index < -0.39 is 5.82 Å². The van der Waals surface area contributed by atoms with Crippen LogP contribution in [0.15, 0.2) is 30.6 Å². The van der Waals surface area contributed by atoms with Gasteiger partial charge in [0.2, 0.25) is 5.88 Å². The highest BCUT2D eigenvalue weighted by atomic mass is 35.5. The number of benzene rings is 1. The summed E-state index contributed by atoms with van der Waals surface area (Å²) < 4.78 is 19.0. The van der Waals surface area contributed by atoms with Crippen molar-refractivity contribution in [2.24, 2.45) is 0 Å². The molecule has 0 amide bonds. The van der Waals surface area contributed by atoms with Crippen LogP contribution in [0, 0.1) is 5.82 Å². The van der Waals surface area contributed by atoms with Crippen LogP contribution in [0.25, 0.3) is 0 Å². The summed E-state index contributed by atoms with van der Waals surface area (Å²) in [5, 5.41) is 3.23. The first kappa shape index (κ1) is 14.7. The second-order valence-electron chi connectivity index (χ2n) is 4.54. The highest BCUT2D eigenvalue weighted by Crippen LogP contribution is 2.27. The van der Waals surface area contributed by atoms with Crippen LogP contribution >= 0.6 is 11.6 Å². The van der Waals surface area contributed by atoms with E-state index in [0.29, 0.717) is 12.6 Å². The lowest BCUT2D eigenvalue weighted by atomic mass is 10.3. The Morgan fingerprint density at radius 3 is 2.75 bits per heavy atom. The standard InChI is InChI=1S/C14H15ClFN3O/c1-9(2)17-6-10-7-19-13(8-18-10)20-12-5-3-4-11(15)14(12)16/h3-5,7-9,17H,6H2,1-2H3. The van der Waals surface area contributed by atoms with Crippen molar-refractivity contribution >= 4 is 11.6 Å². The fourth-order valence-corrected chi connectivity index (χ4v) is 1.64. The van der Waals surface area contributed by atoms with Gasteiger partial charge in [-0.05, 0) is 12.1 Å². The van der Waals surface area contributed by atoms with E-state index >= 15 is 0 Å². The summed E-state index contributed by atoms with van der Waals surface area (Å²) in [6, 6.07) is 4.91. The molecule has 1 aromatic carbocycles. The molecule has 0 saturated heterocycles. The van der Waals surface area contributed by atoms with Gasteiger partial charge in [0.05, 0.1) is 23.1 Å². The van der Waals surface area contributed by atoms with Crippen molar-refractivity contribution in [2.45, 2.75) is 26.4 Å². The fourth-order valence-electron chi connectivity index (χ4n) is 1.47. The Kier molecular flexibility index (Phi) is 4.87. The van der Waals surface area contributed by atoms with E-state index in [4.69, 9.17) is 16.3 Å². The zero-order chi connectivity index (χ0) is 14.5. The molecule has 1 aromatic heterocycles. The minimum absolute atomic E-state index is 0.00760. The van der Waals surface area contributed by atoms with Crippen molar-refractivity contribution in [3.8, 4) is 11.6 Å². The minimum atomic E-state index is -0.610. The Morgan fingerprint density at radius 1 is 1.30 bits per heavy atom. The van der Waals surface area contributed by atoms with Crippen LogP contribution < -0.4 is 10.1 Å². The number of aromatic nitrogens is 2. The van der Waals surface area contributed by atoms with Crippen molar-refractivity contribution in [3.05, 3.63) is 47.1 Å². The Hall–Kier alpha value is -1.72. The third-order valence-corrected chi connectivity index (χ3v) is 2.80. The van der Waals surface area contributed by atoms with E-state index in [1.54, 1.807) is 12.3 Å². The molecule has 0 spiro atoms. The maximum absolute atomic E-state index is 13.7. The number of rotatable bonds is 5. The monoisotopic (exact) mass is 295 g/mol. The van der Waals surface area contributed by atoms with Crippen LogP contribution in [0.4, 0.5) is 4.39 Å². The lowest BCUT2D eigenvalue weighted by molar-refractivity contribution is 0.424. The average molecular weight is 296 g/mol. The molecule has 0 unspecified atom stereocenters. The number of hydrogen-bond acceptors (Lipinski definition) is 4. The molecule has 0 fully saturated rings. The van der Waals surface area contributed by atoms with Crippen LogP contribution in [0.5, 0.6) is 11.6 Å². The minimum Gasteiger partial charge on any atom is -0.434 e. The molecule has 4 nitrogen and oxygen atoms in total. The van der Waals surface area contributed by atoms with Gasteiger partial charge < -0.3 is 10.1 Å². The Bertz CT molecular complexity index is 575. The van der Waals surface area contributed by atoms with Gasteiger partial charge in [-0.15, -0.1) is 0 Å². The topological polar surface area (TPSA) is 47.0 Å². The Morgan fingerprint density at radius 2 is 2.10 bits per heavy atom. The van der Waals surface area contributed by atoms with E-state index in [9.17, 15) is 4.39 Å². The van der Waals surface area contributed by atoms with Crippen LogP contribution in [-0.4, -0.2) is 16.0 Å². The van der Waals surface area contributed by atoms with Crippen molar-refractivity contribution < 1.29 is 9.13 Å². The molecule has 1 heterocycles. The first-order chi connectivity index (χ1) is 9.56. The summed E-state index contributed by atoms with van der Waals surface area (Å²) in [4.78, 5) is 8.28. The number of nitrogens with zero attached hydrogens (tertiary/aromatic N) is 2. The van der Waals surface area contributed by atoms with Crippen LogP contribution in [-0.2, 0) is 6.54 Å². The summed E-state index contributed by atoms with van der Waals surface area (Å²) in [5.41, 5.74) is 0.789. The van der Waals surface area contributed by atoms with Crippen LogP contribution in [0.2, 0.25) is 5.02 Å². The number of ether oxygens (including phenoxy) is 1. The first-order valence-electron chi connectivity index (χ1n) is 6.22. The molecule has 0 aliphatic heterocycles. The van der Waals surface area contributed by atoms with Crippen molar-refractivity contribution in [1.82, 2.24) is 15.3 Å². The summed E-state index contributed by atoms with van der Waals surface area (Å²) in [6.45, 7) is 4.72. The van der Waals surface area contributed by atoms with Gasteiger partial charge in [0.1, 0.15) is 0 Å². The van der Waals surface area contributed by atoms with Crippen molar-refractivity contribution in [1.29, 1.82) is 0 Å². The van der Waals surface area contributed by atoms with Gasteiger partial charge in [0, 0.05) is 12.6 Å². The van der Waals surface area contributed by atoms with Gasteiger partial charge in [0.25, 0.3) is 0 Å².